The highest BCUT2D eigenvalue weighted by Gasteiger charge is 2.47. The Kier molecular flexibility index (Phi) is 3.14. The lowest BCUT2D eigenvalue weighted by Gasteiger charge is -2.56. The van der Waals surface area contributed by atoms with Crippen LogP contribution < -0.4 is 4.90 Å². The second-order valence-corrected chi connectivity index (χ2v) is 6.32. The van der Waals surface area contributed by atoms with Crippen molar-refractivity contribution in [3.8, 4) is 0 Å². The van der Waals surface area contributed by atoms with Gasteiger partial charge in [0.1, 0.15) is 11.5 Å². The Hall–Kier alpha value is -2.37. The number of aromatic nitrogens is 1. The zero-order valence-corrected chi connectivity index (χ0v) is 13.1. The van der Waals surface area contributed by atoms with Gasteiger partial charge in [0.25, 0.3) is 5.91 Å². The molecule has 0 spiro atoms. The van der Waals surface area contributed by atoms with Crippen LogP contribution in [0.5, 0.6) is 0 Å². The molecule has 6 heteroatoms. The number of hydrogen-bond donors (Lipinski definition) is 0. The standard InChI is InChI=1S/C17H18FN3O2/c1-10-5-15(11(2)23-10)17(22)21-13-6-14(21)9-20(8-13)12-3-4-19-16(18)7-12/h3-5,7,13-14H,6,8-9H2,1-2H3. The van der Waals surface area contributed by atoms with Crippen molar-refractivity contribution >= 4 is 11.6 Å². The van der Waals surface area contributed by atoms with Gasteiger partial charge < -0.3 is 14.2 Å². The van der Waals surface area contributed by atoms with E-state index in [4.69, 9.17) is 4.42 Å². The van der Waals surface area contributed by atoms with Gasteiger partial charge >= 0.3 is 0 Å². The Morgan fingerprint density at radius 3 is 2.65 bits per heavy atom. The number of piperidine rings is 1. The first-order chi connectivity index (χ1) is 11.0. The first-order valence-corrected chi connectivity index (χ1v) is 7.79. The van der Waals surface area contributed by atoms with Gasteiger partial charge in [-0.25, -0.2) is 4.98 Å². The molecule has 3 saturated heterocycles. The number of piperazine rings is 1. The predicted octanol–water partition coefficient (Wildman–Crippen LogP) is 2.53. The van der Waals surface area contributed by atoms with Gasteiger partial charge in [-0.05, 0) is 32.4 Å². The van der Waals surface area contributed by atoms with E-state index in [-0.39, 0.29) is 18.0 Å². The maximum atomic E-state index is 13.3. The number of furan rings is 1. The Morgan fingerprint density at radius 2 is 2.04 bits per heavy atom. The van der Waals surface area contributed by atoms with Crippen LogP contribution in [0.25, 0.3) is 0 Å². The quantitative estimate of drug-likeness (QED) is 0.799. The van der Waals surface area contributed by atoms with Crippen molar-refractivity contribution in [2.75, 3.05) is 18.0 Å². The van der Waals surface area contributed by atoms with Crippen LogP contribution in [-0.4, -0.2) is 41.0 Å². The molecule has 2 atom stereocenters. The second-order valence-electron chi connectivity index (χ2n) is 6.32. The zero-order valence-electron chi connectivity index (χ0n) is 13.1. The largest absolute Gasteiger partial charge is 0.466 e. The Balaban J connectivity index is 1.51. The number of halogens is 1. The maximum absolute atomic E-state index is 13.3. The Labute approximate surface area is 133 Å². The molecule has 2 bridgehead atoms. The summed E-state index contributed by atoms with van der Waals surface area (Å²) < 4.78 is 18.8. The molecule has 1 amide bonds. The van der Waals surface area contributed by atoms with Gasteiger partial charge in [-0.3, -0.25) is 4.79 Å². The first kappa shape index (κ1) is 14.2. The number of carbonyl (C=O) groups excluding carboxylic acids is 1. The van der Waals surface area contributed by atoms with Crippen LogP contribution in [0, 0.1) is 19.8 Å². The fraction of sp³-hybridized carbons (Fsp3) is 0.412. The molecule has 3 aliphatic rings. The minimum atomic E-state index is -0.473. The van der Waals surface area contributed by atoms with Crippen LogP contribution >= 0.6 is 0 Å². The molecule has 0 radical (unpaired) electrons. The van der Waals surface area contributed by atoms with Crippen molar-refractivity contribution in [1.29, 1.82) is 0 Å². The summed E-state index contributed by atoms with van der Waals surface area (Å²) in [5.74, 6) is 0.997. The normalized spacial score (nSPS) is 22.9. The Bertz CT molecular complexity index is 761. The number of pyridine rings is 1. The van der Waals surface area contributed by atoms with Crippen molar-refractivity contribution < 1.29 is 13.6 Å². The molecule has 5 rings (SSSR count). The molecule has 23 heavy (non-hydrogen) atoms. The van der Waals surface area contributed by atoms with Crippen molar-refractivity contribution in [3.63, 3.8) is 0 Å². The van der Waals surface area contributed by atoms with E-state index in [0.717, 1.165) is 31.0 Å². The number of fused-ring (bicyclic) bond motifs is 2. The van der Waals surface area contributed by atoms with Crippen molar-refractivity contribution in [2.24, 2.45) is 0 Å². The smallest absolute Gasteiger partial charge is 0.258 e. The highest BCUT2D eigenvalue weighted by Crippen LogP contribution is 2.36. The van der Waals surface area contributed by atoms with Crippen LogP contribution in [0.2, 0.25) is 0 Å². The predicted molar refractivity (Wildman–Crippen MR) is 83.0 cm³/mol. The zero-order chi connectivity index (χ0) is 16.1. The van der Waals surface area contributed by atoms with Gasteiger partial charge in [0, 0.05) is 31.0 Å². The lowest BCUT2D eigenvalue weighted by Crippen LogP contribution is -2.70. The average Bonchev–Trinajstić information content (AvgIpc) is 2.86. The summed E-state index contributed by atoms with van der Waals surface area (Å²) in [7, 11) is 0. The molecule has 0 aliphatic carbocycles. The molecule has 0 saturated carbocycles. The molecule has 2 aromatic heterocycles. The summed E-state index contributed by atoms with van der Waals surface area (Å²) in [6, 6.07) is 5.41. The monoisotopic (exact) mass is 315 g/mol. The summed E-state index contributed by atoms with van der Waals surface area (Å²) in [4.78, 5) is 20.4. The molecule has 5 heterocycles. The Morgan fingerprint density at radius 1 is 1.30 bits per heavy atom. The van der Waals surface area contributed by atoms with E-state index in [2.05, 4.69) is 9.88 Å². The molecule has 0 aromatic carbocycles. The summed E-state index contributed by atoms with van der Waals surface area (Å²) in [6.45, 7) is 5.12. The summed E-state index contributed by atoms with van der Waals surface area (Å²) in [5, 5.41) is 0. The lowest BCUT2D eigenvalue weighted by atomic mass is 9.86. The van der Waals surface area contributed by atoms with Crippen LogP contribution in [-0.2, 0) is 0 Å². The number of carbonyl (C=O) groups is 1. The number of anilines is 1. The minimum absolute atomic E-state index is 0.0427. The van der Waals surface area contributed by atoms with Crippen LogP contribution in [0.15, 0.2) is 28.8 Å². The minimum Gasteiger partial charge on any atom is -0.466 e. The van der Waals surface area contributed by atoms with Gasteiger partial charge in [-0.1, -0.05) is 0 Å². The van der Waals surface area contributed by atoms with Crippen molar-refractivity contribution in [1.82, 2.24) is 9.88 Å². The third-order valence-corrected chi connectivity index (χ3v) is 4.77. The number of hydrogen-bond acceptors (Lipinski definition) is 4. The van der Waals surface area contributed by atoms with Gasteiger partial charge in [0.15, 0.2) is 0 Å². The van der Waals surface area contributed by atoms with E-state index in [0.29, 0.717) is 11.3 Å². The van der Waals surface area contributed by atoms with E-state index < -0.39 is 5.95 Å². The molecular formula is C17H18FN3O2. The number of nitrogens with zero attached hydrogens (tertiary/aromatic N) is 3. The number of rotatable bonds is 2. The fourth-order valence-corrected chi connectivity index (χ4v) is 3.72. The average molecular weight is 315 g/mol. The SMILES string of the molecule is Cc1cc(C(=O)N2C3CC2CN(c2ccnc(F)c2)C3)c(C)o1. The highest BCUT2D eigenvalue weighted by atomic mass is 19.1. The topological polar surface area (TPSA) is 49.6 Å². The third-order valence-electron chi connectivity index (χ3n) is 4.77. The highest BCUT2D eigenvalue weighted by molar-refractivity contribution is 5.96. The van der Waals surface area contributed by atoms with Crippen LogP contribution in [0.3, 0.4) is 0 Å². The third kappa shape index (κ3) is 2.29. The molecule has 3 fully saturated rings. The second kappa shape index (κ2) is 5.08. The van der Waals surface area contributed by atoms with Crippen LogP contribution in [0.4, 0.5) is 10.1 Å². The van der Waals surface area contributed by atoms with E-state index in [1.54, 1.807) is 0 Å². The molecule has 2 unspecified atom stereocenters. The van der Waals surface area contributed by atoms with Gasteiger partial charge in [-0.15, -0.1) is 0 Å². The summed E-state index contributed by atoms with van der Waals surface area (Å²) >= 11 is 0. The van der Waals surface area contributed by atoms with Gasteiger partial charge in [0.2, 0.25) is 5.95 Å². The van der Waals surface area contributed by atoms with E-state index in [1.165, 1.54) is 12.3 Å². The van der Waals surface area contributed by atoms with E-state index >= 15 is 0 Å². The molecular weight excluding hydrogens is 297 g/mol. The summed E-state index contributed by atoms with van der Waals surface area (Å²) in [6.07, 6.45) is 2.48. The maximum Gasteiger partial charge on any atom is 0.258 e. The fourth-order valence-electron chi connectivity index (χ4n) is 3.72. The number of aryl methyl sites for hydroxylation is 2. The summed E-state index contributed by atoms with van der Waals surface area (Å²) in [5.41, 5.74) is 1.48. The first-order valence-electron chi connectivity index (χ1n) is 7.79. The van der Waals surface area contributed by atoms with Crippen molar-refractivity contribution in [2.45, 2.75) is 32.4 Å². The van der Waals surface area contributed by atoms with E-state index in [9.17, 15) is 9.18 Å². The van der Waals surface area contributed by atoms with Crippen molar-refractivity contribution in [3.05, 3.63) is 47.4 Å². The number of amides is 1. The van der Waals surface area contributed by atoms with Crippen LogP contribution in [0.1, 0.15) is 28.3 Å². The molecule has 5 nitrogen and oxygen atoms in total. The van der Waals surface area contributed by atoms with E-state index in [1.807, 2.05) is 30.9 Å². The van der Waals surface area contributed by atoms with Gasteiger partial charge in [-0.2, -0.15) is 4.39 Å². The molecule has 2 aromatic rings. The molecule has 3 aliphatic heterocycles. The molecule has 0 N–H and O–H groups in total. The van der Waals surface area contributed by atoms with Gasteiger partial charge in [0.05, 0.1) is 17.6 Å². The molecule has 120 valence electrons. The lowest BCUT2D eigenvalue weighted by molar-refractivity contribution is 0.00577.